The Morgan fingerprint density at radius 2 is 1.36 bits per heavy atom. The van der Waals surface area contributed by atoms with Gasteiger partial charge in [-0.25, -0.2) is 0 Å². The van der Waals surface area contributed by atoms with Crippen LogP contribution in [0.25, 0.3) is 0 Å². The number of hydrogen-bond donors (Lipinski definition) is 2. The summed E-state index contributed by atoms with van der Waals surface area (Å²) in [6.45, 7) is 11.2. The van der Waals surface area contributed by atoms with Crippen LogP contribution in [0.1, 0.15) is 34.6 Å². The number of methoxy groups -OCH3 is 2. The third-order valence-corrected chi connectivity index (χ3v) is 2.87. The van der Waals surface area contributed by atoms with Gasteiger partial charge in [-0.05, 0) is 26.7 Å². The first-order valence-corrected chi connectivity index (χ1v) is 7.82. The van der Waals surface area contributed by atoms with Crippen molar-refractivity contribution in [1.82, 2.24) is 0 Å². The molecule has 2 N–H and O–H groups in total. The monoisotopic (exact) mass is 324 g/mol. The van der Waals surface area contributed by atoms with Crippen LogP contribution in [0, 0.1) is 5.92 Å². The lowest BCUT2D eigenvalue weighted by Gasteiger charge is -2.21. The van der Waals surface area contributed by atoms with Crippen LogP contribution in [0.3, 0.4) is 0 Å². The van der Waals surface area contributed by atoms with Crippen molar-refractivity contribution in [2.45, 2.75) is 59.0 Å². The normalized spacial score (nSPS) is 16.6. The van der Waals surface area contributed by atoms with E-state index in [1.807, 2.05) is 6.92 Å². The molecule has 0 aromatic carbocycles. The average Bonchev–Trinajstić information content (AvgIpc) is 2.46. The Hall–Kier alpha value is -0.240. The van der Waals surface area contributed by atoms with Crippen LogP contribution in [0.2, 0.25) is 0 Å². The van der Waals surface area contributed by atoms with Gasteiger partial charge in [0, 0.05) is 14.2 Å². The summed E-state index contributed by atoms with van der Waals surface area (Å²) in [6.07, 6.45) is -0.292. The van der Waals surface area contributed by atoms with E-state index in [-0.39, 0.29) is 24.9 Å². The number of ether oxygens (including phenoxy) is 4. The van der Waals surface area contributed by atoms with Crippen molar-refractivity contribution in [2.24, 2.45) is 5.92 Å². The fraction of sp³-hybridized carbons (Fsp3) is 1.00. The van der Waals surface area contributed by atoms with Crippen molar-refractivity contribution in [1.29, 1.82) is 0 Å². The SMILES string of the molecule is CC(O)COC(C)CO.COCC(C)OCC(OC)C(C)C. The quantitative estimate of drug-likeness (QED) is 0.599. The molecule has 0 spiro atoms. The van der Waals surface area contributed by atoms with E-state index in [2.05, 4.69) is 13.8 Å². The maximum atomic E-state index is 8.69. The second-order valence-corrected chi connectivity index (χ2v) is 5.79. The number of aliphatic hydroxyl groups excluding tert-OH is 2. The first-order chi connectivity index (χ1) is 10.3. The van der Waals surface area contributed by atoms with E-state index in [9.17, 15) is 0 Å². The highest BCUT2D eigenvalue weighted by molar-refractivity contribution is 4.61. The smallest absolute Gasteiger partial charge is 0.0827 e. The second-order valence-electron chi connectivity index (χ2n) is 5.79. The third kappa shape index (κ3) is 16.1. The lowest BCUT2D eigenvalue weighted by atomic mass is 10.1. The largest absolute Gasteiger partial charge is 0.394 e. The van der Waals surface area contributed by atoms with Crippen molar-refractivity contribution in [2.75, 3.05) is 40.6 Å². The summed E-state index contributed by atoms with van der Waals surface area (Å²) in [5, 5.41) is 17.1. The zero-order valence-electron chi connectivity index (χ0n) is 15.2. The topological polar surface area (TPSA) is 77.4 Å². The lowest BCUT2D eigenvalue weighted by Crippen LogP contribution is -2.28. The van der Waals surface area contributed by atoms with Gasteiger partial charge in [0.25, 0.3) is 0 Å². The first kappa shape index (κ1) is 24.0. The van der Waals surface area contributed by atoms with Crippen LogP contribution in [-0.2, 0) is 18.9 Å². The third-order valence-electron chi connectivity index (χ3n) is 2.87. The summed E-state index contributed by atoms with van der Waals surface area (Å²) in [5.41, 5.74) is 0. The zero-order valence-corrected chi connectivity index (χ0v) is 15.2. The minimum atomic E-state index is -0.445. The molecule has 0 aromatic rings. The van der Waals surface area contributed by atoms with E-state index in [1.54, 1.807) is 28.1 Å². The molecule has 0 aromatic heterocycles. The molecule has 6 heteroatoms. The van der Waals surface area contributed by atoms with Crippen LogP contribution in [0.5, 0.6) is 0 Å². The number of hydrogen-bond acceptors (Lipinski definition) is 6. The highest BCUT2D eigenvalue weighted by Gasteiger charge is 2.13. The van der Waals surface area contributed by atoms with Crippen LogP contribution < -0.4 is 0 Å². The van der Waals surface area contributed by atoms with Gasteiger partial charge in [-0.3, -0.25) is 0 Å². The van der Waals surface area contributed by atoms with Gasteiger partial charge in [-0.2, -0.15) is 0 Å². The molecule has 0 fully saturated rings. The molecule has 4 atom stereocenters. The van der Waals surface area contributed by atoms with Crippen molar-refractivity contribution in [3.8, 4) is 0 Å². The molecular weight excluding hydrogens is 288 g/mol. The fourth-order valence-electron chi connectivity index (χ4n) is 1.43. The van der Waals surface area contributed by atoms with Gasteiger partial charge < -0.3 is 29.2 Å². The molecule has 0 saturated carbocycles. The maximum Gasteiger partial charge on any atom is 0.0827 e. The molecule has 0 saturated heterocycles. The van der Waals surface area contributed by atoms with Crippen LogP contribution in [0.4, 0.5) is 0 Å². The zero-order chi connectivity index (χ0) is 17.5. The molecule has 4 unspecified atom stereocenters. The van der Waals surface area contributed by atoms with E-state index in [0.29, 0.717) is 25.7 Å². The van der Waals surface area contributed by atoms with Gasteiger partial charge in [0.1, 0.15) is 0 Å². The second kappa shape index (κ2) is 15.6. The van der Waals surface area contributed by atoms with Gasteiger partial charge in [0.15, 0.2) is 0 Å². The first-order valence-electron chi connectivity index (χ1n) is 7.82. The molecule has 0 heterocycles. The van der Waals surface area contributed by atoms with E-state index < -0.39 is 6.10 Å². The number of aliphatic hydroxyl groups is 2. The molecule has 136 valence electrons. The standard InChI is InChI=1S/C10H22O3.C6H14O3/c1-8(2)10(12-5)7-13-9(3)6-11-4;1-5(8)4-9-6(2)3-7/h8-10H,6-7H2,1-5H3;5-8H,3-4H2,1-2H3. The molecule has 0 radical (unpaired) electrons. The predicted molar refractivity (Wildman–Crippen MR) is 87.1 cm³/mol. The molecule has 0 aliphatic carbocycles. The Labute approximate surface area is 135 Å². The minimum absolute atomic E-state index is 0.00667. The Morgan fingerprint density at radius 1 is 0.818 bits per heavy atom. The summed E-state index contributed by atoms with van der Waals surface area (Å²) in [7, 11) is 3.39. The number of rotatable bonds is 11. The van der Waals surface area contributed by atoms with E-state index in [1.165, 1.54) is 0 Å². The van der Waals surface area contributed by atoms with Crippen molar-refractivity contribution in [3.05, 3.63) is 0 Å². The molecule has 22 heavy (non-hydrogen) atoms. The van der Waals surface area contributed by atoms with Crippen LogP contribution in [-0.4, -0.2) is 75.3 Å². The van der Waals surface area contributed by atoms with Gasteiger partial charge >= 0.3 is 0 Å². The molecule has 0 aliphatic rings. The summed E-state index contributed by atoms with van der Waals surface area (Å²) in [6, 6.07) is 0. The highest BCUT2D eigenvalue weighted by Crippen LogP contribution is 2.07. The molecule has 0 rings (SSSR count). The van der Waals surface area contributed by atoms with Gasteiger partial charge in [0.05, 0.1) is 50.8 Å². The van der Waals surface area contributed by atoms with Crippen LogP contribution >= 0.6 is 0 Å². The van der Waals surface area contributed by atoms with Gasteiger partial charge in [-0.1, -0.05) is 13.8 Å². The molecule has 0 aliphatic heterocycles. The average molecular weight is 324 g/mol. The Morgan fingerprint density at radius 3 is 1.73 bits per heavy atom. The molecule has 0 amide bonds. The molecular formula is C16H36O6. The fourth-order valence-corrected chi connectivity index (χ4v) is 1.43. The van der Waals surface area contributed by atoms with Crippen molar-refractivity contribution in [3.63, 3.8) is 0 Å². The summed E-state index contributed by atoms with van der Waals surface area (Å²) in [4.78, 5) is 0. The Kier molecular flexibility index (Phi) is 17.1. The minimum Gasteiger partial charge on any atom is -0.394 e. The Balaban J connectivity index is 0. The lowest BCUT2D eigenvalue weighted by molar-refractivity contribution is -0.0581. The summed E-state index contributed by atoms with van der Waals surface area (Å²) >= 11 is 0. The Bertz CT molecular complexity index is 223. The summed E-state index contributed by atoms with van der Waals surface area (Å²) < 4.78 is 20.7. The van der Waals surface area contributed by atoms with Crippen molar-refractivity contribution >= 4 is 0 Å². The van der Waals surface area contributed by atoms with E-state index in [4.69, 9.17) is 29.2 Å². The van der Waals surface area contributed by atoms with E-state index >= 15 is 0 Å². The van der Waals surface area contributed by atoms with Gasteiger partial charge in [0.2, 0.25) is 0 Å². The highest BCUT2D eigenvalue weighted by atomic mass is 16.5. The molecule has 6 nitrogen and oxygen atoms in total. The van der Waals surface area contributed by atoms with Crippen LogP contribution in [0.15, 0.2) is 0 Å². The molecule has 0 bridgehead atoms. The maximum absolute atomic E-state index is 8.69. The van der Waals surface area contributed by atoms with E-state index in [0.717, 1.165) is 0 Å². The van der Waals surface area contributed by atoms with Gasteiger partial charge in [-0.15, -0.1) is 0 Å². The van der Waals surface area contributed by atoms with Crippen molar-refractivity contribution < 1.29 is 29.2 Å². The predicted octanol–water partition coefficient (Wildman–Crippen LogP) is 1.47. The summed E-state index contributed by atoms with van der Waals surface area (Å²) in [5.74, 6) is 0.486.